The summed E-state index contributed by atoms with van der Waals surface area (Å²) in [6.07, 6.45) is 5.04. The number of nitrogens with zero attached hydrogens (tertiary/aromatic N) is 6. The molecule has 152 valence electrons. The number of hydrogen-bond donors (Lipinski definition) is 0. The molecule has 1 aliphatic rings. The highest BCUT2D eigenvalue weighted by Gasteiger charge is 2.22. The number of imidazole rings is 1. The molecule has 0 unspecified atom stereocenters. The van der Waals surface area contributed by atoms with E-state index in [4.69, 9.17) is 0 Å². The molecule has 0 saturated carbocycles. The molecule has 30 heavy (non-hydrogen) atoms. The van der Waals surface area contributed by atoms with Crippen molar-refractivity contribution in [1.29, 1.82) is 0 Å². The van der Waals surface area contributed by atoms with Crippen LogP contribution in [0, 0.1) is 5.82 Å². The first-order valence-corrected chi connectivity index (χ1v) is 10.0. The second-order valence-electron chi connectivity index (χ2n) is 7.46. The summed E-state index contributed by atoms with van der Waals surface area (Å²) in [6, 6.07) is 10.1. The second-order valence-corrected chi connectivity index (χ2v) is 7.46. The topological polar surface area (TPSA) is 67.2 Å². The third-order valence-electron chi connectivity index (χ3n) is 5.62. The third-order valence-corrected chi connectivity index (χ3v) is 5.62. The van der Waals surface area contributed by atoms with Gasteiger partial charge in [0, 0.05) is 63.3 Å². The van der Waals surface area contributed by atoms with Crippen molar-refractivity contribution < 1.29 is 9.18 Å². The number of amides is 1. The summed E-state index contributed by atoms with van der Waals surface area (Å²) in [4.78, 5) is 29.9. The minimum absolute atomic E-state index is 0.0323. The number of fused-ring (bicyclic) bond motifs is 2. The Labute approximate surface area is 172 Å². The van der Waals surface area contributed by atoms with Crippen molar-refractivity contribution in [3.8, 4) is 0 Å². The largest absolute Gasteiger partial charge is 0.336 e. The molecular formula is C22H21FN6O. The van der Waals surface area contributed by atoms with Crippen molar-refractivity contribution in [1.82, 2.24) is 29.3 Å². The van der Waals surface area contributed by atoms with Gasteiger partial charge in [-0.1, -0.05) is 0 Å². The SMILES string of the molecule is O=C(c1ccc2nccnc2c1)N1CCN(CCn2cnc3cc(F)ccc32)CC1. The molecule has 1 saturated heterocycles. The molecule has 8 heteroatoms. The van der Waals surface area contributed by atoms with Crippen molar-refractivity contribution in [3.05, 3.63) is 66.5 Å². The number of rotatable bonds is 4. The van der Waals surface area contributed by atoms with Crippen LogP contribution >= 0.6 is 0 Å². The highest BCUT2D eigenvalue weighted by molar-refractivity contribution is 5.97. The fourth-order valence-electron chi connectivity index (χ4n) is 3.92. The molecular weight excluding hydrogens is 383 g/mol. The van der Waals surface area contributed by atoms with Crippen molar-refractivity contribution in [3.63, 3.8) is 0 Å². The van der Waals surface area contributed by atoms with Crippen LogP contribution in [-0.4, -0.2) is 67.9 Å². The number of hydrogen-bond acceptors (Lipinski definition) is 5. The van der Waals surface area contributed by atoms with Gasteiger partial charge >= 0.3 is 0 Å². The van der Waals surface area contributed by atoms with Crippen LogP contribution in [0.25, 0.3) is 22.1 Å². The van der Waals surface area contributed by atoms with Gasteiger partial charge in [-0.2, -0.15) is 0 Å². The average Bonchev–Trinajstić information content (AvgIpc) is 3.19. The van der Waals surface area contributed by atoms with E-state index in [0.717, 1.165) is 42.7 Å². The molecule has 0 aliphatic carbocycles. The van der Waals surface area contributed by atoms with E-state index in [0.29, 0.717) is 24.2 Å². The van der Waals surface area contributed by atoms with Crippen molar-refractivity contribution in [2.24, 2.45) is 0 Å². The second kappa shape index (κ2) is 7.79. The van der Waals surface area contributed by atoms with Crippen LogP contribution in [-0.2, 0) is 6.54 Å². The molecule has 0 spiro atoms. The Morgan fingerprint density at radius 3 is 2.50 bits per heavy atom. The monoisotopic (exact) mass is 404 g/mol. The molecule has 1 aliphatic heterocycles. The summed E-state index contributed by atoms with van der Waals surface area (Å²) < 4.78 is 15.4. The van der Waals surface area contributed by atoms with Gasteiger partial charge in [0.25, 0.3) is 5.91 Å². The van der Waals surface area contributed by atoms with E-state index in [9.17, 15) is 9.18 Å². The lowest BCUT2D eigenvalue weighted by Crippen LogP contribution is -2.49. The van der Waals surface area contributed by atoms with Gasteiger partial charge in [-0.05, 0) is 30.3 Å². The molecule has 7 nitrogen and oxygen atoms in total. The van der Waals surface area contributed by atoms with E-state index in [-0.39, 0.29) is 11.7 Å². The summed E-state index contributed by atoms with van der Waals surface area (Å²) in [5.41, 5.74) is 3.77. The molecule has 4 aromatic rings. The zero-order valence-electron chi connectivity index (χ0n) is 16.4. The van der Waals surface area contributed by atoms with Gasteiger partial charge in [-0.25, -0.2) is 9.37 Å². The molecule has 2 aromatic heterocycles. The maximum Gasteiger partial charge on any atom is 0.254 e. The molecule has 0 bridgehead atoms. The fourth-order valence-corrected chi connectivity index (χ4v) is 3.92. The van der Waals surface area contributed by atoms with Crippen LogP contribution in [0.1, 0.15) is 10.4 Å². The zero-order chi connectivity index (χ0) is 20.5. The lowest BCUT2D eigenvalue weighted by molar-refractivity contribution is 0.0633. The number of halogens is 1. The van der Waals surface area contributed by atoms with Crippen LogP contribution in [0.2, 0.25) is 0 Å². The molecule has 3 heterocycles. The normalized spacial score (nSPS) is 15.2. The number of carbonyl (C=O) groups excluding carboxylic acids is 1. The number of aromatic nitrogens is 4. The fraction of sp³-hybridized carbons (Fsp3) is 0.273. The first-order chi connectivity index (χ1) is 14.7. The molecule has 5 rings (SSSR count). The van der Waals surface area contributed by atoms with Gasteiger partial charge in [0.15, 0.2) is 0 Å². The minimum atomic E-state index is -0.271. The average molecular weight is 404 g/mol. The van der Waals surface area contributed by atoms with Gasteiger partial charge in [0.2, 0.25) is 0 Å². The Kier molecular flexibility index (Phi) is 4.84. The Hall–Kier alpha value is -3.39. The van der Waals surface area contributed by atoms with Crippen LogP contribution in [0.3, 0.4) is 0 Å². The van der Waals surface area contributed by atoms with Crippen molar-refractivity contribution >= 4 is 28.0 Å². The van der Waals surface area contributed by atoms with E-state index in [1.54, 1.807) is 24.8 Å². The van der Waals surface area contributed by atoms with Crippen molar-refractivity contribution in [2.45, 2.75) is 6.54 Å². The summed E-state index contributed by atoms with van der Waals surface area (Å²) >= 11 is 0. The zero-order valence-corrected chi connectivity index (χ0v) is 16.4. The summed E-state index contributed by atoms with van der Waals surface area (Å²) in [5, 5.41) is 0. The number of benzene rings is 2. The maximum atomic E-state index is 13.3. The number of piperazine rings is 1. The van der Waals surface area contributed by atoms with Gasteiger partial charge < -0.3 is 9.47 Å². The maximum absolute atomic E-state index is 13.3. The van der Waals surface area contributed by atoms with Crippen LogP contribution in [0.5, 0.6) is 0 Å². The van der Waals surface area contributed by atoms with Gasteiger partial charge in [0.05, 0.1) is 28.4 Å². The lowest BCUT2D eigenvalue weighted by atomic mass is 10.1. The smallest absolute Gasteiger partial charge is 0.254 e. The van der Waals surface area contributed by atoms with E-state index < -0.39 is 0 Å². The van der Waals surface area contributed by atoms with Gasteiger partial charge in [-0.3, -0.25) is 19.7 Å². The highest BCUT2D eigenvalue weighted by atomic mass is 19.1. The predicted octanol–water partition coefficient (Wildman–Crippen LogP) is 2.58. The molecule has 0 radical (unpaired) electrons. The van der Waals surface area contributed by atoms with Crippen molar-refractivity contribution in [2.75, 3.05) is 32.7 Å². The van der Waals surface area contributed by atoms with Gasteiger partial charge in [-0.15, -0.1) is 0 Å². The summed E-state index contributed by atoms with van der Waals surface area (Å²) in [7, 11) is 0. The molecule has 1 amide bonds. The van der Waals surface area contributed by atoms with Crippen LogP contribution in [0.4, 0.5) is 4.39 Å². The Morgan fingerprint density at radius 1 is 0.867 bits per heavy atom. The minimum Gasteiger partial charge on any atom is -0.336 e. The molecule has 2 aromatic carbocycles. The third kappa shape index (κ3) is 3.61. The van der Waals surface area contributed by atoms with E-state index in [1.165, 1.54) is 12.1 Å². The highest BCUT2D eigenvalue weighted by Crippen LogP contribution is 2.16. The predicted molar refractivity (Wildman–Crippen MR) is 112 cm³/mol. The Bertz CT molecular complexity index is 1210. The van der Waals surface area contributed by atoms with Crippen LogP contribution in [0.15, 0.2) is 55.1 Å². The first-order valence-electron chi connectivity index (χ1n) is 10.0. The number of carbonyl (C=O) groups is 1. The summed E-state index contributed by atoms with van der Waals surface area (Å²) in [5.74, 6) is -0.239. The quantitative estimate of drug-likeness (QED) is 0.523. The molecule has 1 fully saturated rings. The van der Waals surface area contributed by atoms with Gasteiger partial charge in [0.1, 0.15) is 5.82 Å². The Morgan fingerprint density at radius 2 is 1.67 bits per heavy atom. The molecule has 0 N–H and O–H groups in total. The van der Waals surface area contributed by atoms with E-state index in [1.807, 2.05) is 27.7 Å². The molecule has 0 atom stereocenters. The first kappa shape index (κ1) is 18.6. The Balaban J connectivity index is 1.19. The lowest BCUT2D eigenvalue weighted by Gasteiger charge is -2.34. The summed E-state index contributed by atoms with van der Waals surface area (Å²) in [6.45, 7) is 4.65. The van der Waals surface area contributed by atoms with E-state index in [2.05, 4.69) is 19.9 Å². The standard InChI is InChI=1S/C22H21FN6O/c23-17-2-4-21-20(14-17)26-15-29(21)12-9-27-7-10-28(11-8-27)22(30)16-1-3-18-19(13-16)25-6-5-24-18/h1-6,13-15H,7-12H2. The van der Waals surface area contributed by atoms with Crippen LogP contribution < -0.4 is 0 Å². The van der Waals surface area contributed by atoms with E-state index >= 15 is 0 Å².